The summed E-state index contributed by atoms with van der Waals surface area (Å²) in [6, 6.07) is 14.1. The van der Waals surface area contributed by atoms with Crippen LogP contribution in [0.15, 0.2) is 53.4 Å². The summed E-state index contributed by atoms with van der Waals surface area (Å²) in [7, 11) is -3.69. The Morgan fingerprint density at radius 2 is 1.83 bits per heavy atom. The SMILES string of the molecule is O=C([C@@H]1COc2cc(S(=O)(=O)NCCc3ccccc3)ccc2O1)N1CCOCC1. The predicted molar refractivity (Wildman–Crippen MR) is 109 cm³/mol. The van der Waals surface area contributed by atoms with Crippen molar-refractivity contribution in [1.29, 1.82) is 0 Å². The Morgan fingerprint density at radius 1 is 1.07 bits per heavy atom. The number of fused-ring (bicyclic) bond motifs is 1. The number of carbonyl (C=O) groups is 1. The maximum Gasteiger partial charge on any atom is 0.267 e. The predicted octanol–water partition coefficient (Wildman–Crippen LogP) is 1.21. The molecule has 0 unspecified atom stereocenters. The van der Waals surface area contributed by atoms with E-state index in [2.05, 4.69) is 4.72 Å². The first-order chi connectivity index (χ1) is 14.5. The molecule has 0 radical (unpaired) electrons. The molecule has 4 rings (SSSR count). The van der Waals surface area contributed by atoms with Gasteiger partial charge in [0, 0.05) is 25.7 Å². The number of morpholine rings is 1. The van der Waals surface area contributed by atoms with Gasteiger partial charge in [-0.05, 0) is 24.1 Å². The molecule has 1 N–H and O–H groups in total. The maximum atomic E-state index is 12.6. The molecule has 0 bridgehead atoms. The highest BCUT2D eigenvalue weighted by Crippen LogP contribution is 2.34. The second kappa shape index (κ2) is 9.03. The van der Waals surface area contributed by atoms with Crippen LogP contribution in [0.1, 0.15) is 5.56 Å². The van der Waals surface area contributed by atoms with E-state index in [4.69, 9.17) is 14.2 Å². The molecule has 1 atom stereocenters. The number of nitrogens with one attached hydrogen (secondary N) is 1. The fourth-order valence-electron chi connectivity index (χ4n) is 3.39. The number of ether oxygens (including phenoxy) is 3. The van der Waals surface area contributed by atoms with Crippen LogP contribution in [0.3, 0.4) is 0 Å². The highest BCUT2D eigenvalue weighted by Gasteiger charge is 2.32. The van der Waals surface area contributed by atoms with Gasteiger partial charge in [0.2, 0.25) is 16.1 Å². The van der Waals surface area contributed by atoms with Gasteiger partial charge in [-0.1, -0.05) is 30.3 Å². The molecule has 0 saturated carbocycles. The van der Waals surface area contributed by atoms with Gasteiger partial charge in [-0.15, -0.1) is 0 Å². The Bertz CT molecular complexity index is 990. The number of sulfonamides is 1. The van der Waals surface area contributed by atoms with Crippen molar-refractivity contribution in [3.05, 3.63) is 54.1 Å². The minimum Gasteiger partial charge on any atom is -0.485 e. The van der Waals surface area contributed by atoms with E-state index in [1.54, 1.807) is 4.90 Å². The third-order valence-electron chi connectivity index (χ3n) is 5.03. The lowest BCUT2D eigenvalue weighted by Crippen LogP contribution is -2.50. The molecule has 1 amide bonds. The zero-order valence-corrected chi connectivity index (χ0v) is 17.3. The van der Waals surface area contributed by atoms with E-state index in [0.29, 0.717) is 44.2 Å². The molecule has 9 heteroatoms. The van der Waals surface area contributed by atoms with Crippen molar-refractivity contribution >= 4 is 15.9 Å². The molecule has 160 valence electrons. The molecule has 1 saturated heterocycles. The maximum absolute atomic E-state index is 12.6. The quantitative estimate of drug-likeness (QED) is 0.737. The zero-order valence-electron chi connectivity index (χ0n) is 16.5. The summed E-state index contributed by atoms with van der Waals surface area (Å²) in [6.45, 7) is 2.39. The minimum atomic E-state index is -3.69. The van der Waals surface area contributed by atoms with Crippen LogP contribution in [0.4, 0.5) is 0 Å². The zero-order chi connectivity index (χ0) is 21.0. The lowest BCUT2D eigenvalue weighted by molar-refractivity contribution is -0.145. The summed E-state index contributed by atoms with van der Waals surface area (Å²) in [5.41, 5.74) is 1.05. The number of hydrogen-bond donors (Lipinski definition) is 1. The van der Waals surface area contributed by atoms with E-state index in [0.717, 1.165) is 5.56 Å². The normalized spacial score (nSPS) is 18.8. The molecule has 30 heavy (non-hydrogen) atoms. The standard InChI is InChI=1S/C21H24N2O6S/c24-21(23-10-12-27-13-11-23)20-15-28-19-14-17(6-7-18(19)29-20)30(25,26)22-9-8-16-4-2-1-3-5-16/h1-7,14,20,22H,8-13,15H2/t20-/m0/s1. The van der Waals surface area contributed by atoms with Crippen LogP contribution < -0.4 is 14.2 Å². The van der Waals surface area contributed by atoms with E-state index in [9.17, 15) is 13.2 Å². The van der Waals surface area contributed by atoms with Crippen molar-refractivity contribution in [2.45, 2.75) is 17.4 Å². The number of amides is 1. The van der Waals surface area contributed by atoms with Crippen LogP contribution in [0.25, 0.3) is 0 Å². The van der Waals surface area contributed by atoms with Crippen LogP contribution in [0.2, 0.25) is 0 Å². The Morgan fingerprint density at radius 3 is 2.60 bits per heavy atom. The first-order valence-electron chi connectivity index (χ1n) is 9.86. The van der Waals surface area contributed by atoms with Gasteiger partial charge >= 0.3 is 0 Å². The van der Waals surface area contributed by atoms with E-state index in [1.165, 1.54) is 18.2 Å². The van der Waals surface area contributed by atoms with Gasteiger partial charge in [0.25, 0.3) is 5.91 Å². The Balaban J connectivity index is 1.38. The first kappa shape index (κ1) is 20.6. The van der Waals surface area contributed by atoms with Gasteiger partial charge in [0.1, 0.15) is 6.61 Å². The lowest BCUT2D eigenvalue weighted by Gasteiger charge is -2.32. The smallest absolute Gasteiger partial charge is 0.267 e. The van der Waals surface area contributed by atoms with Crippen LogP contribution in [0, 0.1) is 0 Å². The van der Waals surface area contributed by atoms with Crippen molar-refractivity contribution < 1.29 is 27.4 Å². The Kier molecular flexibility index (Phi) is 6.21. The average Bonchev–Trinajstić information content (AvgIpc) is 2.79. The number of nitrogens with zero attached hydrogens (tertiary/aromatic N) is 1. The van der Waals surface area contributed by atoms with Crippen molar-refractivity contribution in [3.63, 3.8) is 0 Å². The monoisotopic (exact) mass is 432 g/mol. The van der Waals surface area contributed by atoms with E-state index in [-0.39, 0.29) is 24.0 Å². The Labute approximate surface area is 175 Å². The van der Waals surface area contributed by atoms with E-state index >= 15 is 0 Å². The molecule has 1 fully saturated rings. The van der Waals surface area contributed by atoms with E-state index < -0.39 is 16.1 Å². The van der Waals surface area contributed by atoms with Gasteiger partial charge in [-0.2, -0.15) is 0 Å². The highest BCUT2D eigenvalue weighted by molar-refractivity contribution is 7.89. The van der Waals surface area contributed by atoms with Crippen LogP contribution in [0.5, 0.6) is 11.5 Å². The summed E-state index contributed by atoms with van der Waals surface area (Å²) < 4.78 is 44.5. The lowest BCUT2D eigenvalue weighted by atomic mass is 10.2. The second-order valence-electron chi connectivity index (χ2n) is 7.10. The van der Waals surface area contributed by atoms with Gasteiger partial charge in [0.05, 0.1) is 18.1 Å². The molecule has 8 nitrogen and oxygen atoms in total. The number of carbonyl (C=O) groups excluding carboxylic acids is 1. The number of hydrogen-bond acceptors (Lipinski definition) is 6. The summed E-state index contributed by atoms with van der Waals surface area (Å²) in [6.07, 6.45) is -0.155. The fraction of sp³-hybridized carbons (Fsp3) is 0.381. The van der Waals surface area contributed by atoms with E-state index in [1.807, 2.05) is 30.3 Å². The van der Waals surface area contributed by atoms with Gasteiger partial charge in [0.15, 0.2) is 11.5 Å². The second-order valence-corrected chi connectivity index (χ2v) is 8.86. The summed E-state index contributed by atoms with van der Waals surface area (Å²) in [5, 5.41) is 0. The third kappa shape index (κ3) is 4.75. The largest absolute Gasteiger partial charge is 0.485 e. The molecular weight excluding hydrogens is 408 g/mol. The molecule has 0 aromatic heterocycles. The summed E-state index contributed by atoms with van der Waals surface area (Å²) in [5.74, 6) is 0.520. The van der Waals surface area contributed by atoms with Crippen molar-refractivity contribution in [2.75, 3.05) is 39.5 Å². The third-order valence-corrected chi connectivity index (χ3v) is 6.49. The molecule has 2 aromatic rings. The van der Waals surface area contributed by atoms with Crippen LogP contribution in [-0.2, 0) is 26.0 Å². The van der Waals surface area contributed by atoms with Crippen LogP contribution in [-0.4, -0.2) is 64.8 Å². The molecule has 2 aliphatic rings. The van der Waals surface area contributed by atoms with Crippen molar-refractivity contribution in [1.82, 2.24) is 9.62 Å². The topological polar surface area (TPSA) is 94.2 Å². The molecule has 0 spiro atoms. The van der Waals surface area contributed by atoms with Crippen LogP contribution >= 0.6 is 0 Å². The summed E-state index contributed by atoms with van der Waals surface area (Å²) in [4.78, 5) is 14.4. The molecule has 2 aromatic carbocycles. The fourth-order valence-corrected chi connectivity index (χ4v) is 4.43. The minimum absolute atomic E-state index is 0.0358. The molecule has 0 aliphatic carbocycles. The van der Waals surface area contributed by atoms with Gasteiger partial charge < -0.3 is 19.1 Å². The first-order valence-corrected chi connectivity index (χ1v) is 11.3. The highest BCUT2D eigenvalue weighted by atomic mass is 32.2. The molecular formula is C21H24N2O6S. The number of benzene rings is 2. The Hall–Kier alpha value is -2.62. The molecule has 2 heterocycles. The van der Waals surface area contributed by atoms with Crippen molar-refractivity contribution in [3.8, 4) is 11.5 Å². The van der Waals surface area contributed by atoms with Gasteiger partial charge in [-0.3, -0.25) is 4.79 Å². The van der Waals surface area contributed by atoms with Crippen molar-refractivity contribution in [2.24, 2.45) is 0 Å². The number of rotatable bonds is 6. The van der Waals surface area contributed by atoms with Gasteiger partial charge in [-0.25, -0.2) is 13.1 Å². The summed E-state index contributed by atoms with van der Waals surface area (Å²) >= 11 is 0. The molecule has 2 aliphatic heterocycles. The average molecular weight is 432 g/mol.